The fraction of sp³-hybridized carbons (Fsp3) is 0.333. The fourth-order valence-electron chi connectivity index (χ4n) is 0.960. The molecule has 0 fully saturated rings. The van der Waals surface area contributed by atoms with Gasteiger partial charge in [0.2, 0.25) is 0 Å². The normalized spacial score (nSPS) is 24.2. The van der Waals surface area contributed by atoms with Gasteiger partial charge in [0.1, 0.15) is 5.83 Å². The minimum atomic E-state index is -0.127. The largest absolute Gasteiger partial charge is 0.207 e. The molecule has 0 heterocycles. The average molecular weight is 138 g/mol. The predicted octanol–water partition coefficient (Wildman–Crippen LogP) is 2.99. The topological polar surface area (TPSA) is 0 Å². The molecule has 1 aliphatic rings. The van der Waals surface area contributed by atoms with Crippen molar-refractivity contribution in [3.8, 4) is 0 Å². The molecule has 0 amide bonds. The van der Waals surface area contributed by atoms with E-state index in [0.717, 1.165) is 12.0 Å². The lowest BCUT2D eigenvalue weighted by Gasteiger charge is -2.12. The lowest BCUT2D eigenvalue weighted by atomic mass is 9.94. The number of hydrogen-bond donors (Lipinski definition) is 0. The summed E-state index contributed by atoms with van der Waals surface area (Å²) in [5.41, 5.74) is 1.10. The van der Waals surface area contributed by atoms with E-state index in [1.165, 1.54) is 6.08 Å². The van der Waals surface area contributed by atoms with Gasteiger partial charge < -0.3 is 0 Å². The van der Waals surface area contributed by atoms with Gasteiger partial charge in [0.15, 0.2) is 0 Å². The molecule has 0 aromatic heterocycles. The van der Waals surface area contributed by atoms with Gasteiger partial charge in [0, 0.05) is 5.92 Å². The van der Waals surface area contributed by atoms with E-state index in [-0.39, 0.29) is 5.83 Å². The number of allylic oxidation sites excluding steroid dienone is 5. The molecule has 1 atom stereocenters. The number of hydrogen-bond acceptors (Lipinski definition) is 0. The van der Waals surface area contributed by atoms with E-state index in [1.54, 1.807) is 6.08 Å². The molecule has 54 valence electrons. The minimum Gasteiger partial charge on any atom is -0.207 e. The highest BCUT2D eigenvalue weighted by molar-refractivity contribution is 5.22. The second-order valence-electron chi connectivity index (χ2n) is 2.64. The van der Waals surface area contributed by atoms with Crippen LogP contribution < -0.4 is 0 Å². The zero-order valence-electron chi connectivity index (χ0n) is 6.10. The van der Waals surface area contributed by atoms with Crippen LogP contribution in [0.5, 0.6) is 0 Å². The monoisotopic (exact) mass is 138 g/mol. The molecule has 1 unspecified atom stereocenters. The van der Waals surface area contributed by atoms with Crippen molar-refractivity contribution in [3.05, 3.63) is 36.2 Å². The summed E-state index contributed by atoms with van der Waals surface area (Å²) >= 11 is 0. The van der Waals surface area contributed by atoms with Gasteiger partial charge in [-0.1, -0.05) is 18.2 Å². The first kappa shape index (κ1) is 7.26. The molecule has 0 aliphatic heterocycles. The van der Waals surface area contributed by atoms with Crippen molar-refractivity contribution in [2.75, 3.05) is 0 Å². The second kappa shape index (κ2) is 2.82. The summed E-state index contributed by atoms with van der Waals surface area (Å²) in [5, 5.41) is 0. The Balaban J connectivity index is 2.60. The zero-order chi connectivity index (χ0) is 7.56. The van der Waals surface area contributed by atoms with Gasteiger partial charge in [-0.05, 0) is 25.5 Å². The maximum atomic E-state index is 12.4. The quantitative estimate of drug-likeness (QED) is 0.488. The fourth-order valence-corrected chi connectivity index (χ4v) is 0.960. The van der Waals surface area contributed by atoms with Crippen LogP contribution in [0.15, 0.2) is 36.2 Å². The Kier molecular flexibility index (Phi) is 2.05. The van der Waals surface area contributed by atoms with E-state index in [9.17, 15) is 4.39 Å². The predicted molar refractivity (Wildman–Crippen MR) is 41.3 cm³/mol. The third kappa shape index (κ3) is 1.56. The summed E-state index contributed by atoms with van der Waals surface area (Å²) in [7, 11) is 0. The summed E-state index contributed by atoms with van der Waals surface area (Å²) < 4.78 is 12.4. The highest BCUT2D eigenvalue weighted by Gasteiger charge is 2.07. The Morgan fingerprint density at radius 2 is 2.50 bits per heavy atom. The highest BCUT2D eigenvalue weighted by Crippen LogP contribution is 2.21. The van der Waals surface area contributed by atoms with E-state index < -0.39 is 0 Å². The Labute approximate surface area is 60.7 Å². The molecular formula is C9H11F. The van der Waals surface area contributed by atoms with Gasteiger partial charge in [0.05, 0.1) is 0 Å². The highest BCUT2D eigenvalue weighted by atomic mass is 19.1. The van der Waals surface area contributed by atoms with E-state index in [1.807, 2.05) is 13.0 Å². The molecular weight excluding hydrogens is 127 g/mol. The molecule has 0 bridgehead atoms. The summed E-state index contributed by atoms with van der Waals surface area (Å²) in [5.74, 6) is 0.219. The van der Waals surface area contributed by atoms with Crippen LogP contribution in [-0.2, 0) is 0 Å². The lowest BCUT2D eigenvalue weighted by Crippen LogP contribution is -1.98. The average Bonchev–Trinajstić information content (AvgIpc) is 1.88. The molecule has 1 rings (SSSR count). The second-order valence-corrected chi connectivity index (χ2v) is 2.64. The third-order valence-electron chi connectivity index (χ3n) is 1.69. The SMILES string of the molecule is C=C(C)C1C=CC(F)=CC1. The Hall–Kier alpha value is -0.850. The molecule has 10 heavy (non-hydrogen) atoms. The maximum absolute atomic E-state index is 12.4. The Bertz CT molecular complexity index is 199. The Morgan fingerprint density at radius 1 is 1.80 bits per heavy atom. The zero-order valence-corrected chi connectivity index (χ0v) is 6.10. The first-order chi connectivity index (χ1) is 4.70. The number of rotatable bonds is 1. The van der Waals surface area contributed by atoms with Crippen molar-refractivity contribution in [2.45, 2.75) is 13.3 Å². The van der Waals surface area contributed by atoms with E-state index >= 15 is 0 Å². The van der Waals surface area contributed by atoms with Gasteiger partial charge in [-0.25, -0.2) is 4.39 Å². The van der Waals surface area contributed by atoms with Crippen LogP contribution in [0.1, 0.15) is 13.3 Å². The van der Waals surface area contributed by atoms with E-state index in [0.29, 0.717) is 5.92 Å². The van der Waals surface area contributed by atoms with Crippen molar-refractivity contribution < 1.29 is 4.39 Å². The smallest absolute Gasteiger partial charge is 0.118 e. The standard InChI is InChI=1S/C9H11F/c1-7(2)8-3-5-9(10)6-4-8/h3,5-6,8H,1,4H2,2H3. The van der Waals surface area contributed by atoms with Crippen LogP contribution in [0, 0.1) is 5.92 Å². The molecule has 0 saturated heterocycles. The molecule has 0 spiro atoms. The van der Waals surface area contributed by atoms with Crippen molar-refractivity contribution >= 4 is 0 Å². The van der Waals surface area contributed by atoms with Crippen LogP contribution >= 0.6 is 0 Å². The van der Waals surface area contributed by atoms with E-state index in [2.05, 4.69) is 6.58 Å². The summed E-state index contributed by atoms with van der Waals surface area (Å²) in [4.78, 5) is 0. The van der Waals surface area contributed by atoms with Crippen LogP contribution in [0.3, 0.4) is 0 Å². The van der Waals surface area contributed by atoms with Crippen molar-refractivity contribution in [1.29, 1.82) is 0 Å². The van der Waals surface area contributed by atoms with Gasteiger partial charge in [-0.2, -0.15) is 0 Å². The van der Waals surface area contributed by atoms with E-state index in [4.69, 9.17) is 0 Å². The van der Waals surface area contributed by atoms with Crippen LogP contribution in [0.2, 0.25) is 0 Å². The van der Waals surface area contributed by atoms with Crippen molar-refractivity contribution in [2.24, 2.45) is 5.92 Å². The molecule has 1 heteroatoms. The number of halogens is 1. The third-order valence-corrected chi connectivity index (χ3v) is 1.69. The molecule has 0 radical (unpaired) electrons. The van der Waals surface area contributed by atoms with Crippen molar-refractivity contribution in [1.82, 2.24) is 0 Å². The van der Waals surface area contributed by atoms with Crippen LogP contribution in [0.4, 0.5) is 4.39 Å². The van der Waals surface area contributed by atoms with Crippen LogP contribution in [0.25, 0.3) is 0 Å². The lowest BCUT2D eigenvalue weighted by molar-refractivity contribution is 0.632. The first-order valence-corrected chi connectivity index (χ1v) is 3.39. The van der Waals surface area contributed by atoms with Gasteiger partial charge in [0.25, 0.3) is 0 Å². The first-order valence-electron chi connectivity index (χ1n) is 3.39. The van der Waals surface area contributed by atoms with Gasteiger partial charge >= 0.3 is 0 Å². The molecule has 0 saturated carbocycles. The summed E-state index contributed by atoms with van der Waals surface area (Å²) in [6.45, 7) is 5.77. The minimum absolute atomic E-state index is 0.127. The molecule has 0 aromatic carbocycles. The molecule has 0 aromatic rings. The summed E-state index contributed by atoms with van der Waals surface area (Å²) in [6.07, 6.45) is 5.72. The van der Waals surface area contributed by atoms with Gasteiger partial charge in [-0.15, -0.1) is 0 Å². The maximum Gasteiger partial charge on any atom is 0.118 e. The van der Waals surface area contributed by atoms with Gasteiger partial charge in [-0.3, -0.25) is 0 Å². The summed E-state index contributed by atoms with van der Waals surface area (Å²) in [6, 6.07) is 0. The molecule has 0 N–H and O–H groups in total. The Morgan fingerprint density at radius 3 is 2.90 bits per heavy atom. The molecule has 1 aliphatic carbocycles. The van der Waals surface area contributed by atoms with Crippen molar-refractivity contribution in [3.63, 3.8) is 0 Å². The van der Waals surface area contributed by atoms with Crippen LogP contribution in [-0.4, -0.2) is 0 Å². The molecule has 0 nitrogen and oxygen atoms in total.